The van der Waals surface area contributed by atoms with Crippen LogP contribution in [0.5, 0.6) is 0 Å². The number of halogens is 4. The number of nitrogens with zero attached hydrogens (tertiary/aromatic N) is 4. The van der Waals surface area contributed by atoms with Crippen molar-refractivity contribution in [2.75, 3.05) is 0 Å². The topological polar surface area (TPSA) is 71.7 Å². The molecule has 6 nitrogen and oxygen atoms in total. The summed E-state index contributed by atoms with van der Waals surface area (Å²) in [7, 11) is 0. The van der Waals surface area contributed by atoms with Crippen LogP contribution in [0.15, 0.2) is 52.1 Å². The maximum atomic E-state index is 13.4. The Labute approximate surface area is 220 Å². The summed E-state index contributed by atoms with van der Waals surface area (Å²) in [6.07, 6.45) is 2.19. The summed E-state index contributed by atoms with van der Waals surface area (Å²) in [5, 5.41) is 3.71. The van der Waals surface area contributed by atoms with E-state index in [9.17, 15) is 18.0 Å². The first-order valence-corrected chi connectivity index (χ1v) is 12.9. The first kappa shape index (κ1) is 25.4. The van der Waals surface area contributed by atoms with E-state index in [0.29, 0.717) is 28.8 Å². The van der Waals surface area contributed by atoms with Crippen LogP contribution in [0, 0.1) is 19.8 Å². The van der Waals surface area contributed by atoms with E-state index in [-0.39, 0.29) is 29.1 Å². The highest BCUT2D eigenvalue weighted by Crippen LogP contribution is 2.35. The Kier molecular flexibility index (Phi) is 6.78. The smallest absolute Gasteiger partial charge is 0.348 e. The standard InChI is InChI=1S/C27H25BrF3N5O/c1-15-6-7-21-20(10-15)22(13-23(35-21)27(29,30)31)32-14-17-4-3-5-19(11-17)34-26(37)25-16(2)33-24-12-18(28)8-9-36(24)25/h6-10,12-14,17,19H,3-5,11H2,1-2H3,(H,34,37)/b32-14+/t17?,19-/m1/s1. The third kappa shape index (κ3) is 5.39. The van der Waals surface area contributed by atoms with Crippen LogP contribution in [-0.4, -0.2) is 32.5 Å². The molecule has 1 fully saturated rings. The molecule has 192 valence electrons. The summed E-state index contributed by atoms with van der Waals surface area (Å²) >= 11 is 3.43. The summed E-state index contributed by atoms with van der Waals surface area (Å²) in [6.45, 7) is 3.69. The van der Waals surface area contributed by atoms with Crippen molar-refractivity contribution in [2.45, 2.75) is 51.7 Å². The average Bonchev–Trinajstić information content (AvgIpc) is 3.16. The lowest BCUT2D eigenvalue weighted by atomic mass is 9.86. The van der Waals surface area contributed by atoms with Gasteiger partial charge in [0.25, 0.3) is 5.91 Å². The molecule has 1 saturated carbocycles. The third-order valence-electron chi connectivity index (χ3n) is 6.68. The fourth-order valence-corrected chi connectivity index (χ4v) is 5.24. The monoisotopic (exact) mass is 571 g/mol. The first-order chi connectivity index (χ1) is 17.6. The molecule has 1 aliphatic rings. The molecule has 0 saturated heterocycles. The average molecular weight is 572 g/mol. The normalized spacial score (nSPS) is 18.6. The molecule has 1 N–H and O–H groups in total. The third-order valence-corrected chi connectivity index (χ3v) is 7.18. The molecule has 1 amide bonds. The fourth-order valence-electron chi connectivity index (χ4n) is 4.92. The number of benzene rings is 1. The minimum atomic E-state index is -4.56. The van der Waals surface area contributed by atoms with Gasteiger partial charge < -0.3 is 5.32 Å². The summed E-state index contributed by atoms with van der Waals surface area (Å²) in [5.41, 5.74) is 2.29. The van der Waals surface area contributed by atoms with Crippen molar-refractivity contribution in [2.24, 2.45) is 10.9 Å². The van der Waals surface area contributed by atoms with Crippen molar-refractivity contribution in [3.8, 4) is 0 Å². The maximum absolute atomic E-state index is 13.4. The molecule has 1 aromatic carbocycles. The number of amides is 1. The van der Waals surface area contributed by atoms with Crippen molar-refractivity contribution in [1.82, 2.24) is 19.7 Å². The Morgan fingerprint density at radius 3 is 2.76 bits per heavy atom. The molecule has 5 rings (SSSR count). The molecule has 1 aliphatic carbocycles. The molecular weight excluding hydrogens is 547 g/mol. The highest BCUT2D eigenvalue weighted by molar-refractivity contribution is 9.10. The van der Waals surface area contributed by atoms with Crippen LogP contribution in [0.2, 0.25) is 0 Å². The molecule has 4 aromatic rings. The maximum Gasteiger partial charge on any atom is 0.433 e. The van der Waals surface area contributed by atoms with Crippen LogP contribution in [0.25, 0.3) is 16.6 Å². The highest BCUT2D eigenvalue weighted by Gasteiger charge is 2.33. The van der Waals surface area contributed by atoms with E-state index in [2.05, 4.69) is 36.2 Å². The number of aliphatic imine (C=N–C) groups is 1. The van der Waals surface area contributed by atoms with Crippen LogP contribution in [-0.2, 0) is 6.18 Å². The second-order valence-corrected chi connectivity index (χ2v) is 10.5. The number of nitrogens with one attached hydrogen (secondary N) is 1. The second kappa shape index (κ2) is 9.89. The van der Waals surface area contributed by atoms with Gasteiger partial charge in [-0.15, -0.1) is 0 Å². The largest absolute Gasteiger partial charge is 0.433 e. The predicted molar refractivity (Wildman–Crippen MR) is 140 cm³/mol. The van der Waals surface area contributed by atoms with Gasteiger partial charge in [0.05, 0.1) is 16.9 Å². The van der Waals surface area contributed by atoms with Crippen LogP contribution >= 0.6 is 15.9 Å². The zero-order valence-electron chi connectivity index (χ0n) is 20.3. The first-order valence-electron chi connectivity index (χ1n) is 12.1. The van der Waals surface area contributed by atoms with Crippen LogP contribution in [0.4, 0.5) is 18.9 Å². The lowest BCUT2D eigenvalue weighted by Crippen LogP contribution is -2.39. The van der Waals surface area contributed by atoms with Crippen molar-refractivity contribution < 1.29 is 18.0 Å². The Bertz CT molecular complexity index is 1530. The molecule has 0 aliphatic heterocycles. The molecule has 10 heteroatoms. The summed E-state index contributed by atoms with van der Waals surface area (Å²) in [6, 6.07) is 9.77. The number of hydrogen-bond donors (Lipinski definition) is 1. The van der Waals surface area contributed by atoms with E-state index in [1.54, 1.807) is 35.0 Å². The van der Waals surface area contributed by atoms with Crippen molar-refractivity contribution >= 4 is 50.3 Å². The molecule has 2 atom stereocenters. The Morgan fingerprint density at radius 1 is 1.16 bits per heavy atom. The Balaban J connectivity index is 1.35. The molecular formula is C27H25BrF3N5O. The lowest BCUT2D eigenvalue weighted by Gasteiger charge is -2.27. The van der Waals surface area contributed by atoms with Crippen molar-refractivity contribution in [1.29, 1.82) is 0 Å². The van der Waals surface area contributed by atoms with Gasteiger partial charge in [0.15, 0.2) is 0 Å². The number of fused-ring (bicyclic) bond motifs is 2. The number of carbonyl (C=O) groups is 1. The lowest BCUT2D eigenvalue weighted by molar-refractivity contribution is -0.140. The van der Waals surface area contributed by atoms with Gasteiger partial charge in [0.1, 0.15) is 17.0 Å². The van der Waals surface area contributed by atoms with Gasteiger partial charge in [-0.05, 0) is 69.4 Å². The van der Waals surface area contributed by atoms with Gasteiger partial charge in [0, 0.05) is 28.3 Å². The zero-order valence-corrected chi connectivity index (χ0v) is 21.9. The SMILES string of the molecule is Cc1ccc2nc(C(F)(F)F)cc(/N=C/C3CCC[C@@H](NC(=O)c4c(C)nc5cc(Br)ccn45)C3)c2c1. The van der Waals surface area contributed by atoms with Crippen LogP contribution in [0.3, 0.4) is 0 Å². The van der Waals surface area contributed by atoms with E-state index >= 15 is 0 Å². The Hall–Kier alpha value is -3.27. The second-order valence-electron chi connectivity index (χ2n) is 9.54. The minimum absolute atomic E-state index is 0.0284. The number of carbonyl (C=O) groups excluding carboxylic acids is 1. The van der Waals surface area contributed by atoms with Crippen LogP contribution < -0.4 is 5.32 Å². The van der Waals surface area contributed by atoms with Gasteiger partial charge in [-0.25, -0.2) is 9.97 Å². The van der Waals surface area contributed by atoms with Crippen LogP contribution in [0.1, 0.15) is 53.1 Å². The van der Waals surface area contributed by atoms with Gasteiger partial charge in [-0.1, -0.05) is 34.0 Å². The minimum Gasteiger partial charge on any atom is -0.348 e. The van der Waals surface area contributed by atoms with Gasteiger partial charge >= 0.3 is 6.18 Å². The quantitative estimate of drug-likeness (QED) is 0.269. The molecule has 0 spiro atoms. The molecule has 0 radical (unpaired) electrons. The number of aryl methyl sites for hydroxylation is 2. The van der Waals surface area contributed by atoms with E-state index in [4.69, 9.17) is 0 Å². The molecule has 3 heterocycles. The zero-order chi connectivity index (χ0) is 26.3. The van der Waals surface area contributed by atoms with E-state index < -0.39 is 11.9 Å². The van der Waals surface area contributed by atoms with Crippen molar-refractivity contribution in [3.05, 3.63) is 69.7 Å². The number of hydrogen-bond acceptors (Lipinski definition) is 4. The summed E-state index contributed by atoms with van der Waals surface area (Å²) < 4.78 is 43.0. The molecule has 1 unspecified atom stereocenters. The van der Waals surface area contributed by atoms with Gasteiger partial charge in [0.2, 0.25) is 0 Å². The van der Waals surface area contributed by atoms with E-state index in [1.807, 2.05) is 26.0 Å². The van der Waals surface area contributed by atoms with Gasteiger partial charge in [-0.2, -0.15) is 13.2 Å². The molecule has 0 bridgehead atoms. The predicted octanol–water partition coefficient (Wildman–Crippen LogP) is 6.97. The Morgan fingerprint density at radius 2 is 1.97 bits per heavy atom. The van der Waals surface area contributed by atoms with Crippen molar-refractivity contribution in [3.63, 3.8) is 0 Å². The van der Waals surface area contributed by atoms with E-state index in [1.165, 1.54) is 0 Å². The van der Waals surface area contributed by atoms with E-state index in [0.717, 1.165) is 35.4 Å². The molecule has 37 heavy (non-hydrogen) atoms. The number of pyridine rings is 2. The van der Waals surface area contributed by atoms with Gasteiger partial charge in [-0.3, -0.25) is 14.2 Å². The molecule has 3 aromatic heterocycles. The number of aromatic nitrogens is 3. The summed E-state index contributed by atoms with van der Waals surface area (Å²) in [4.78, 5) is 25.9. The number of rotatable bonds is 4. The summed E-state index contributed by atoms with van der Waals surface area (Å²) in [5.74, 6) is -0.166. The number of imidazole rings is 1. The fraction of sp³-hybridized carbons (Fsp3) is 0.333. The highest BCUT2D eigenvalue weighted by atomic mass is 79.9. The number of alkyl halides is 3.